The number of alkyl halides is 2. The highest BCUT2D eigenvalue weighted by Gasteiger charge is 2.31. The number of benzene rings is 1. The molecular weight excluding hydrogens is 347 g/mol. The minimum atomic E-state index is -2.72. The van der Waals surface area contributed by atoms with Gasteiger partial charge in [-0.3, -0.25) is 9.48 Å². The first-order valence-corrected chi connectivity index (χ1v) is 7.77. The standard InChI is InChI=1S/C15H13Cl2F2N3O/c1-7-4-8(16)5-10(17)13(7)20-15(23)12-6-11(14(18)19)21-22(12)9-2-3-9/h4-6,9,14H,2-3H2,1H3,(H,20,23). The lowest BCUT2D eigenvalue weighted by atomic mass is 10.2. The Labute approximate surface area is 141 Å². The zero-order valence-electron chi connectivity index (χ0n) is 12.1. The quantitative estimate of drug-likeness (QED) is 0.832. The molecule has 1 aliphatic carbocycles. The molecule has 8 heteroatoms. The fourth-order valence-corrected chi connectivity index (χ4v) is 2.97. The van der Waals surface area contributed by atoms with Crippen LogP contribution in [0.2, 0.25) is 10.0 Å². The number of carbonyl (C=O) groups excluding carboxylic acids is 1. The maximum atomic E-state index is 12.9. The third-order valence-corrected chi connectivity index (χ3v) is 4.11. The van der Waals surface area contributed by atoms with Crippen molar-refractivity contribution in [2.24, 2.45) is 0 Å². The van der Waals surface area contributed by atoms with E-state index in [0.717, 1.165) is 18.9 Å². The smallest absolute Gasteiger partial charge is 0.282 e. The van der Waals surface area contributed by atoms with Gasteiger partial charge in [0.25, 0.3) is 12.3 Å². The molecule has 0 unspecified atom stereocenters. The van der Waals surface area contributed by atoms with Gasteiger partial charge in [0.05, 0.1) is 16.8 Å². The fraction of sp³-hybridized carbons (Fsp3) is 0.333. The largest absolute Gasteiger partial charge is 0.319 e. The molecule has 1 N–H and O–H groups in total. The maximum Gasteiger partial charge on any atom is 0.282 e. The number of aromatic nitrogens is 2. The summed E-state index contributed by atoms with van der Waals surface area (Å²) in [5, 5.41) is 7.25. The van der Waals surface area contributed by atoms with E-state index in [1.54, 1.807) is 13.0 Å². The molecule has 1 heterocycles. The second kappa shape index (κ2) is 6.09. The van der Waals surface area contributed by atoms with Crippen LogP contribution in [0, 0.1) is 6.92 Å². The summed E-state index contributed by atoms with van der Waals surface area (Å²) in [4.78, 5) is 12.5. The first kappa shape index (κ1) is 16.2. The molecule has 1 saturated carbocycles. The molecule has 23 heavy (non-hydrogen) atoms. The molecule has 3 rings (SSSR count). The number of aryl methyl sites for hydroxylation is 1. The molecule has 0 atom stereocenters. The van der Waals surface area contributed by atoms with Crippen molar-refractivity contribution in [3.63, 3.8) is 0 Å². The topological polar surface area (TPSA) is 46.9 Å². The van der Waals surface area contributed by atoms with Crippen LogP contribution < -0.4 is 5.32 Å². The van der Waals surface area contributed by atoms with Crippen molar-refractivity contribution in [3.8, 4) is 0 Å². The highest BCUT2D eigenvalue weighted by Crippen LogP contribution is 2.37. The third-order valence-electron chi connectivity index (χ3n) is 3.59. The summed E-state index contributed by atoms with van der Waals surface area (Å²) in [5.41, 5.74) is 0.792. The maximum absolute atomic E-state index is 12.9. The molecule has 2 aromatic rings. The van der Waals surface area contributed by atoms with Gasteiger partial charge >= 0.3 is 0 Å². The third kappa shape index (κ3) is 3.33. The van der Waals surface area contributed by atoms with Gasteiger partial charge in [0, 0.05) is 5.02 Å². The van der Waals surface area contributed by atoms with Gasteiger partial charge in [-0.15, -0.1) is 0 Å². The van der Waals surface area contributed by atoms with Crippen LogP contribution in [0.3, 0.4) is 0 Å². The van der Waals surface area contributed by atoms with Crippen molar-refractivity contribution < 1.29 is 13.6 Å². The van der Waals surface area contributed by atoms with E-state index in [-0.39, 0.29) is 16.8 Å². The van der Waals surface area contributed by atoms with Gasteiger partial charge in [-0.1, -0.05) is 23.2 Å². The van der Waals surface area contributed by atoms with Crippen molar-refractivity contribution >= 4 is 34.8 Å². The van der Waals surface area contributed by atoms with E-state index in [1.165, 1.54) is 10.7 Å². The molecule has 0 saturated heterocycles. The van der Waals surface area contributed by atoms with Crippen molar-refractivity contribution in [2.75, 3.05) is 5.32 Å². The SMILES string of the molecule is Cc1cc(Cl)cc(Cl)c1NC(=O)c1cc(C(F)F)nn1C1CC1. The number of halogens is 4. The lowest BCUT2D eigenvalue weighted by molar-refractivity contribution is 0.101. The van der Waals surface area contributed by atoms with Gasteiger partial charge in [-0.2, -0.15) is 5.10 Å². The number of nitrogens with one attached hydrogen (secondary N) is 1. The van der Waals surface area contributed by atoms with E-state index in [9.17, 15) is 13.6 Å². The van der Waals surface area contributed by atoms with Gasteiger partial charge in [-0.05, 0) is 43.5 Å². The minimum absolute atomic E-state index is 0.00466. The molecule has 0 radical (unpaired) electrons. The van der Waals surface area contributed by atoms with Crippen LogP contribution in [0.4, 0.5) is 14.5 Å². The molecular formula is C15H13Cl2F2N3O. The number of nitrogens with zero attached hydrogens (tertiary/aromatic N) is 2. The summed E-state index contributed by atoms with van der Waals surface area (Å²) in [5.74, 6) is -0.524. The molecule has 0 bridgehead atoms. The molecule has 4 nitrogen and oxygen atoms in total. The van der Waals surface area contributed by atoms with Crippen LogP contribution in [0.1, 0.15) is 47.1 Å². The number of rotatable bonds is 4. The van der Waals surface area contributed by atoms with E-state index in [1.807, 2.05) is 0 Å². The van der Waals surface area contributed by atoms with Crippen LogP contribution in [0.15, 0.2) is 18.2 Å². The zero-order valence-corrected chi connectivity index (χ0v) is 13.6. The molecule has 122 valence electrons. The van der Waals surface area contributed by atoms with Gasteiger partial charge < -0.3 is 5.32 Å². The van der Waals surface area contributed by atoms with Crippen LogP contribution in [0.25, 0.3) is 0 Å². The molecule has 1 fully saturated rings. The van der Waals surface area contributed by atoms with Crippen LogP contribution >= 0.6 is 23.2 Å². The normalized spacial score (nSPS) is 14.3. The molecule has 1 aromatic heterocycles. The van der Waals surface area contributed by atoms with E-state index < -0.39 is 18.0 Å². The van der Waals surface area contributed by atoms with Crippen molar-refractivity contribution in [1.82, 2.24) is 9.78 Å². The summed E-state index contributed by atoms with van der Waals surface area (Å²) >= 11 is 12.0. The van der Waals surface area contributed by atoms with E-state index in [4.69, 9.17) is 23.2 Å². The Balaban J connectivity index is 1.92. The summed E-state index contributed by atoms with van der Waals surface area (Å²) < 4.78 is 27.1. The molecule has 0 aliphatic heterocycles. The highest BCUT2D eigenvalue weighted by molar-refractivity contribution is 6.37. The molecule has 1 aromatic carbocycles. The predicted octanol–water partition coefficient (Wildman–Crippen LogP) is 5.02. The molecule has 0 spiro atoms. The first-order valence-electron chi connectivity index (χ1n) is 7.01. The van der Waals surface area contributed by atoms with Crippen molar-refractivity contribution in [1.29, 1.82) is 0 Å². The number of amides is 1. The Morgan fingerprint density at radius 2 is 2.04 bits per heavy atom. The summed E-state index contributed by atoms with van der Waals surface area (Å²) in [6.45, 7) is 1.75. The Kier molecular flexibility index (Phi) is 4.29. The van der Waals surface area contributed by atoms with Crippen LogP contribution in [0.5, 0.6) is 0 Å². The van der Waals surface area contributed by atoms with Crippen LogP contribution in [-0.4, -0.2) is 15.7 Å². The number of hydrogen-bond acceptors (Lipinski definition) is 2. The van der Waals surface area contributed by atoms with Gasteiger partial charge in [-0.25, -0.2) is 8.78 Å². The average molecular weight is 360 g/mol. The average Bonchev–Trinajstić information content (AvgIpc) is 3.20. The predicted molar refractivity (Wildman–Crippen MR) is 84.6 cm³/mol. The lowest BCUT2D eigenvalue weighted by Gasteiger charge is -2.12. The second-order valence-corrected chi connectivity index (χ2v) is 6.31. The lowest BCUT2D eigenvalue weighted by Crippen LogP contribution is -2.18. The Hall–Kier alpha value is -1.66. The zero-order chi connectivity index (χ0) is 16.7. The first-order chi connectivity index (χ1) is 10.9. The Morgan fingerprint density at radius 3 is 2.61 bits per heavy atom. The summed E-state index contributed by atoms with van der Waals surface area (Å²) in [6.07, 6.45) is -1.07. The number of hydrogen-bond donors (Lipinski definition) is 1. The molecule has 1 amide bonds. The minimum Gasteiger partial charge on any atom is -0.319 e. The summed E-state index contributed by atoms with van der Waals surface area (Å²) in [6, 6.07) is 4.29. The van der Waals surface area contributed by atoms with E-state index in [0.29, 0.717) is 16.3 Å². The van der Waals surface area contributed by atoms with E-state index >= 15 is 0 Å². The number of carbonyl (C=O) groups is 1. The molecule has 1 aliphatic rings. The van der Waals surface area contributed by atoms with Gasteiger partial charge in [0.15, 0.2) is 0 Å². The summed E-state index contributed by atoms with van der Waals surface area (Å²) in [7, 11) is 0. The van der Waals surface area contributed by atoms with Crippen LogP contribution in [-0.2, 0) is 0 Å². The van der Waals surface area contributed by atoms with Crippen molar-refractivity contribution in [3.05, 3.63) is 45.2 Å². The second-order valence-electron chi connectivity index (χ2n) is 5.46. The Morgan fingerprint density at radius 1 is 1.35 bits per heavy atom. The van der Waals surface area contributed by atoms with Gasteiger partial charge in [0.1, 0.15) is 11.4 Å². The highest BCUT2D eigenvalue weighted by atomic mass is 35.5. The number of anilines is 1. The monoisotopic (exact) mass is 359 g/mol. The Bertz CT molecular complexity index is 749. The fourth-order valence-electron chi connectivity index (χ4n) is 2.33. The van der Waals surface area contributed by atoms with Gasteiger partial charge in [0.2, 0.25) is 0 Å². The van der Waals surface area contributed by atoms with Crippen molar-refractivity contribution in [2.45, 2.75) is 32.2 Å². The van der Waals surface area contributed by atoms with E-state index in [2.05, 4.69) is 10.4 Å².